The Morgan fingerprint density at radius 2 is 2.42 bits per heavy atom. The van der Waals surface area contributed by atoms with Gasteiger partial charge in [0.2, 0.25) is 11.0 Å². The first kappa shape index (κ1) is 18.6. The molecule has 0 bridgehead atoms. The van der Waals surface area contributed by atoms with Crippen LogP contribution in [0.15, 0.2) is 23.4 Å². The number of thioether (sulfide) groups is 2. The number of nitrogens with zero attached hydrogens (tertiary/aromatic N) is 4. The van der Waals surface area contributed by atoms with Crippen LogP contribution in [0, 0.1) is 11.3 Å². The second-order valence-electron chi connectivity index (χ2n) is 5.19. The van der Waals surface area contributed by atoms with E-state index in [9.17, 15) is 14.4 Å². The van der Waals surface area contributed by atoms with Crippen molar-refractivity contribution in [1.29, 1.82) is 5.26 Å². The molecule has 2 atom stereocenters. The number of hydrogen-bond acceptors (Lipinski definition) is 8. The number of β-lactam (4-membered cyclic amide) rings is 1. The molecule has 2 N–H and O–H groups in total. The van der Waals surface area contributed by atoms with Gasteiger partial charge in [0, 0.05) is 17.4 Å². The Morgan fingerprint density at radius 3 is 3.08 bits per heavy atom. The fraction of sp³-hybridized carbons (Fsp3) is 0.286. The van der Waals surface area contributed by atoms with Gasteiger partial charge in [-0.3, -0.25) is 19.3 Å². The standard InChI is InChI=1S/C14H12N6O3S3/c15-2-1-3-25-6-9(21)17-10-12(22)20-11(14(23)24)7(5-26-13(10)20)8-4-16-19-18-8/h1,3-4,10,13H,5-6H2,(H,17,21)(H,23,24)(H,16,18,19)/b3-1-/t10-,13-/m1/s1. The van der Waals surface area contributed by atoms with Gasteiger partial charge >= 0.3 is 0 Å². The van der Waals surface area contributed by atoms with Gasteiger partial charge in [-0.05, 0) is 5.41 Å². The SMILES string of the molecule is N#C/C=C\SCC(=O)N[C@@H]1C(=O)N2C(C(=O)S)=C(c3cn[nH]n3)CS[C@H]12. The summed E-state index contributed by atoms with van der Waals surface area (Å²) in [5, 5.41) is 21.8. The number of allylic oxidation sites excluding steroid dienone is 1. The highest BCUT2D eigenvalue weighted by Gasteiger charge is 2.53. The third-order valence-corrected chi connectivity index (χ3v) is 5.91. The zero-order valence-electron chi connectivity index (χ0n) is 13.1. The van der Waals surface area contributed by atoms with Crippen LogP contribution in [-0.4, -0.2) is 60.2 Å². The number of hydrogen-bond donors (Lipinski definition) is 3. The molecule has 134 valence electrons. The van der Waals surface area contributed by atoms with Crippen LogP contribution in [0.4, 0.5) is 0 Å². The molecule has 1 fully saturated rings. The second-order valence-corrected chi connectivity index (χ2v) is 7.59. The summed E-state index contributed by atoms with van der Waals surface area (Å²) in [6.07, 6.45) is 2.74. The van der Waals surface area contributed by atoms with Gasteiger partial charge in [0.25, 0.3) is 5.91 Å². The summed E-state index contributed by atoms with van der Waals surface area (Å²) in [5.41, 5.74) is 1.23. The van der Waals surface area contributed by atoms with Gasteiger partial charge in [0.1, 0.15) is 22.8 Å². The van der Waals surface area contributed by atoms with Crippen LogP contribution in [-0.2, 0) is 14.4 Å². The third-order valence-electron chi connectivity index (χ3n) is 3.66. The molecule has 1 aromatic rings. The van der Waals surface area contributed by atoms with Crippen molar-refractivity contribution in [3.05, 3.63) is 29.1 Å². The quantitative estimate of drug-likeness (QED) is 0.344. The van der Waals surface area contributed by atoms with E-state index >= 15 is 0 Å². The lowest BCUT2D eigenvalue weighted by Gasteiger charge is -2.49. The maximum atomic E-state index is 12.5. The van der Waals surface area contributed by atoms with Crippen LogP contribution < -0.4 is 5.32 Å². The van der Waals surface area contributed by atoms with E-state index in [1.165, 1.54) is 34.3 Å². The van der Waals surface area contributed by atoms with Crippen LogP contribution in [0.2, 0.25) is 0 Å². The molecule has 3 rings (SSSR count). The molecule has 9 nitrogen and oxygen atoms in total. The van der Waals surface area contributed by atoms with E-state index in [2.05, 4.69) is 33.4 Å². The van der Waals surface area contributed by atoms with Gasteiger partial charge in [-0.2, -0.15) is 20.7 Å². The molecule has 0 radical (unpaired) electrons. The molecular formula is C14H12N6O3S3. The molecule has 0 aliphatic carbocycles. The fourth-order valence-electron chi connectivity index (χ4n) is 2.58. The van der Waals surface area contributed by atoms with Crippen molar-refractivity contribution < 1.29 is 14.4 Å². The average molecular weight is 408 g/mol. The molecule has 1 saturated heterocycles. The maximum Gasteiger partial charge on any atom is 0.253 e. The van der Waals surface area contributed by atoms with Crippen LogP contribution in [0.5, 0.6) is 0 Å². The number of carbonyl (C=O) groups excluding carboxylic acids is 3. The van der Waals surface area contributed by atoms with Gasteiger partial charge in [-0.15, -0.1) is 23.5 Å². The summed E-state index contributed by atoms with van der Waals surface area (Å²) in [4.78, 5) is 37.8. The fourth-order valence-corrected chi connectivity index (χ4v) is 4.67. The minimum atomic E-state index is -0.699. The summed E-state index contributed by atoms with van der Waals surface area (Å²) in [6.45, 7) is 0. The molecule has 0 aromatic carbocycles. The summed E-state index contributed by atoms with van der Waals surface area (Å²) in [7, 11) is 0. The lowest BCUT2D eigenvalue weighted by Crippen LogP contribution is -2.70. The predicted molar refractivity (Wildman–Crippen MR) is 99.5 cm³/mol. The lowest BCUT2D eigenvalue weighted by molar-refractivity contribution is -0.146. The number of carbonyl (C=O) groups is 3. The van der Waals surface area contributed by atoms with Crippen LogP contribution in [0.3, 0.4) is 0 Å². The number of thiol groups is 1. The van der Waals surface area contributed by atoms with Gasteiger partial charge in [-0.1, -0.05) is 12.6 Å². The maximum absolute atomic E-state index is 12.5. The molecular weight excluding hydrogens is 396 g/mol. The Morgan fingerprint density at radius 1 is 1.62 bits per heavy atom. The minimum Gasteiger partial charge on any atom is -0.341 e. The van der Waals surface area contributed by atoms with Crippen LogP contribution in [0.25, 0.3) is 5.57 Å². The smallest absolute Gasteiger partial charge is 0.253 e. The summed E-state index contributed by atoms with van der Waals surface area (Å²) < 4.78 is 0. The van der Waals surface area contributed by atoms with Gasteiger partial charge in [-0.25, -0.2) is 0 Å². The number of fused-ring (bicyclic) bond motifs is 1. The van der Waals surface area contributed by atoms with E-state index < -0.39 is 11.2 Å². The van der Waals surface area contributed by atoms with E-state index in [-0.39, 0.29) is 28.6 Å². The molecule has 2 aliphatic heterocycles. The van der Waals surface area contributed by atoms with E-state index in [0.717, 1.165) is 11.8 Å². The normalized spacial score (nSPS) is 22.0. The first-order chi connectivity index (χ1) is 12.5. The zero-order chi connectivity index (χ0) is 18.7. The average Bonchev–Trinajstić information content (AvgIpc) is 3.16. The Kier molecular flexibility index (Phi) is 5.70. The predicted octanol–water partition coefficient (Wildman–Crippen LogP) is 0.143. The topological polar surface area (TPSA) is 132 Å². The van der Waals surface area contributed by atoms with Crippen molar-refractivity contribution >= 4 is 58.7 Å². The Bertz CT molecular complexity index is 845. The molecule has 26 heavy (non-hydrogen) atoms. The monoisotopic (exact) mass is 408 g/mol. The van der Waals surface area contributed by atoms with E-state index in [1.807, 2.05) is 6.07 Å². The summed E-state index contributed by atoms with van der Waals surface area (Å²) in [6, 6.07) is 1.13. The highest BCUT2D eigenvalue weighted by Crippen LogP contribution is 2.43. The number of nitrogens with one attached hydrogen (secondary N) is 2. The number of aromatic nitrogens is 3. The van der Waals surface area contributed by atoms with Crippen molar-refractivity contribution in [2.75, 3.05) is 11.5 Å². The van der Waals surface area contributed by atoms with E-state index in [4.69, 9.17) is 5.26 Å². The highest BCUT2D eigenvalue weighted by atomic mass is 32.2. The Hall–Kier alpha value is -2.23. The Labute approximate surface area is 162 Å². The number of nitriles is 1. The molecule has 2 aliphatic rings. The first-order valence-corrected chi connectivity index (χ1v) is 9.82. The molecule has 0 unspecified atom stereocenters. The Balaban J connectivity index is 1.72. The first-order valence-electron chi connectivity index (χ1n) is 7.27. The van der Waals surface area contributed by atoms with E-state index in [0.29, 0.717) is 17.0 Å². The molecule has 1 aromatic heterocycles. The van der Waals surface area contributed by atoms with Gasteiger partial charge in [0.05, 0.1) is 18.0 Å². The molecule has 3 heterocycles. The number of rotatable bonds is 6. The number of aromatic amines is 1. The number of amides is 2. The number of H-pyrrole nitrogens is 1. The van der Waals surface area contributed by atoms with Gasteiger partial charge in [0.15, 0.2) is 0 Å². The van der Waals surface area contributed by atoms with Crippen molar-refractivity contribution in [3.63, 3.8) is 0 Å². The lowest BCUT2D eigenvalue weighted by atomic mass is 10.0. The minimum absolute atomic E-state index is 0.0950. The van der Waals surface area contributed by atoms with Gasteiger partial charge < -0.3 is 5.32 Å². The van der Waals surface area contributed by atoms with Crippen molar-refractivity contribution in [2.24, 2.45) is 0 Å². The van der Waals surface area contributed by atoms with Crippen molar-refractivity contribution in [2.45, 2.75) is 11.4 Å². The largest absolute Gasteiger partial charge is 0.341 e. The van der Waals surface area contributed by atoms with Crippen LogP contribution >= 0.6 is 36.2 Å². The van der Waals surface area contributed by atoms with Crippen molar-refractivity contribution in [1.82, 2.24) is 25.6 Å². The molecule has 12 heteroatoms. The van der Waals surface area contributed by atoms with Crippen LogP contribution in [0.1, 0.15) is 5.69 Å². The summed E-state index contributed by atoms with van der Waals surface area (Å²) >= 11 is 6.47. The highest BCUT2D eigenvalue weighted by molar-refractivity contribution is 8.02. The third kappa shape index (κ3) is 3.50. The molecule has 0 spiro atoms. The molecule has 2 amide bonds. The zero-order valence-corrected chi connectivity index (χ0v) is 15.6. The summed E-state index contributed by atoms with van der Waals surface area (Å²) in [5.74, 6) is -0.153. The second kappa shape index (κ2) is 7.98. The van der Waals surface area contributed by atoms with Crippen molar-refractivity contribution in [3.8, 4) is 6.07 Å². The molecule has 0 saturated carbocycles. The van der Waals surface area contributed by atoms with E-state index in [1.54, 1.807) is 0 Å².